The smallest absolute Gasteiger partial charge is 0.338 e. The van der Waals surface area contributed by atoms with E-state index in [9.17, 15) is 19.2 Å². The van der Waals surface area contributed by atoms with E-state index in [0.29, 0.717) is 24.3 Å². The third-order valence-corrected chi connectivity index (χ3v) is 4.89. The molecule has 9 heteroatoms. The summed E-state index contributed by atoms with van der Waals surface area (Å²) >= 11 is 6.17. The normalized spacial score (nSPS) is 13.5. The maximum atomic E-state index is 13.0. The molecule has 2 aromatic carbocycles. The lowest BCUT2D eigenvalue weighted by Gasteiger charge is -2.16. The predicted molar refractivity (Wildman–Crippen MR) is 123 cm³/mol. The van der Waals surface area contributed by atoms with E-state index in [1.54, 1.807) is 32.0 Å². The van der Waals surface area contributed by atoms with E-state index in [-0.39, 0.29) is 28.1 Å². The highest BCUT2D eigenvalue weighted by Crippen LogP contribution is 2.30. The Bertz CT molecular complexity index is 1120. The van der Waals surface area contributed by atoms with E-state index >= 15 is 0 Å². The van der Waals surface area contributed by atoms with E-state index in [4.69, 9.17) is 21.1 Å². The summed E-state index contributed by atoms with van der Waals surface area (Å²) in [4.78, 5) is 50.7. The maximum absolute atomic E-state index is 13.0. The Morgan fingerprint density at radius 1 is 1.00 bits per heavy atom. The molecule has 2 aromatic rings. The van der Waals surface area contributed by atoms with E-state index < -0.39 is 23.8 Å². The van der Waals surface area contributed by atoms with Crippen molar-refractivity contribution < 1.29 is 28.7 Å². The first kappa shape index (κ1) is 24.0. The fraction of sp³-hybridized carbons (Fsp3) is 0.250. The molecule has 0 radical (unpaired) electrons. The number of nitrogens with one attached hydrogen (secondary N) is 1. The van der Waals surface area contributed by atoms with Gasteiger partial charge in [0, 0.05) is 5.69 Å². The van der Waals surface area contributed by atoms with Gasteiger partial charge in [-0.3, -0.25) is 9.59 Å². The van der Waals surface area contributed by atoms with Gasteiger partial charge in [-0.15, -0.1) is 0 Å². The largest absolute Gasteiger partial charge is 0.462 e. The molecule has 0 atom stereocenters. The van der Waals surface area contributed by atoms with Crippen LogP contribution in [0.1, 0.15) is 47.9 Å². The second kappa shape index (κ2) is 10.3. The number of halogens is 1. The highest BCUT2D eigenvalue weighted by molar-refractivity contribution is 6.53. The minimum absolute atomic E-state index is 0.113. The molecule has 0 spiro atoms. The van der Waals surface area contributed by atoms with E-state index in [1.165, 1.54) is 30.3 Å². The monoisotopic (exact) mass is 470 g/mol. The van der Waals surface area contributed by atoms with Crippen LogP contribution in [-0.2, 0) is 19.1 Å². The number of imide groups is 1. The van der Waals surface area contributed by atoms with Gasteiger partial charge in [0.05, 0.1) is 29.5 Å². The zero-order valence-corrected chi connectivity index (χ0v) is 19.1. The molecule has 0 unspecified atom stereocenters. The summed E-state index contributed by atoms with van der Waals surface area (Å²) < 4.78 is 10.2. The first-order chi connectivity index (χ1) is 15.7. The summed E-state index contributed by atoms with van der Waals surface area (Å²) in [5.41, 5.74) is 1.08. The van der Waals surface area contributed by atoms with Gasteiger partial charge in [0.2, 0.25) is 0 Å². The van der Waals surface area contributed by atoms with E-state index in [0.717, 1.165) is 4.90 Å². The van der Waals surface area contributed by atoms with Gasteiger partial charge >= 0.3 is 11.9 Å². The van der Waals surface area contributed by atoms with Crippen molar-refractivity contribution in [1.82, 2.24) is 0 Å². The number of amides is 2. The molecular weight excluding hydrogens is 448 g/mol. The molecule has 0 bridgehead atoms. The number of anilines is 2. The zero-order valence-electron chi connectivity index (χ0n) is 18.4. The van der Waals surface area contributed by atoms with Crippen LogP contribution in [0.3, 0.4) is 0 Å². The number of benzene rings is 2. The standard InChI is InChI=1S/C24H23ClN2O6/c1-4-12-32-23(30)15-8-10-17(11-9-15)26-20-19(25)21(28)27(22(20)29)18-7-5-6-16(13-18)24(31)33-14(2)3/h5-11,13-14,26H,4,12H2,1-3H3. The Balaban J connectivity index is 1.78. The van der Waals surface area contributed by atoms with Gasteiger partial charge in [0.1, 0.15) is 10.7 Å². The van der Waals surface area contributed by atoms with Gasteiger partial charge in [-0.25, -0.2) is 14.5 Å². The van der Waals surface area contributed by atoms with Gasteiger partial charge < -0.3 is 14.8 Å². The molecule has 0 saturated carbocycles. The topological polar surface area (TPSA) is 102 Å². The lowest BCUT2D eigenvalue weighted by atomic mass is 10.2. The number of esters is 2. The first-order valence-corrected chi connectivity index (χ1v) is 10.7. The minimum atomic E-state index is -0.724. The summed E-state index contributed by atoms with van der Waals surface area (Å²) in [6, 6.07) is 12.2. The number of hydrogen-bond acceptors (Lipinski definition) is 7. The second-order valence-electron chi connectivity index (χ2n) is 7.48. The van der Waals surface area contributed by atoms with Crippen molar-refractivity contribution in [3.8, 4) is 0 Å². The van der Waals surface area contributed by atoms with Gasteiger partial charge in [0.15, 0.2) is 0 Å². The molecule has 8 nitrogen and oxygen atoms in total. The number of nitrogens with zero attached hydrogens (tertiary/aromatic N) is 1. The number of carbonyl (C=O) groups excluding carboxylic acids is 4. The molecule has 0 aromatic heterocycles. The van der Waals surface area contributed by atoms with Crippen molar-refractivity contribution in [3.05, 3.63) is 70.4 Å². The SMILES string of the molecule is CCCOC(=O)c1ccc(NC2=C(Cl)C(=O)N(c3cccc(C(=O)OC(C)C)c3)C2=O)cc1. The Labute approximate surface area is 196 Å². The Hall–Kier alpha value is -3.65. The van der Waals surface area contributed by atoms with Crippen LogP contribution in [0.15, 0.2) is 59.3 Å². The average Bonchev–Trinajstić information content (AvgIpc) is 3.00. The van der Waals surface area contributed by atoms with Crippen LogP contribution in [0.25, 0.3) is 0 Å². The first-order valence-electron chi connectivity index (χ1n) is 10.4. The molecular formula is C24H23ClN2O6. The molecule has 0 fully saturated rings. The molecule has 172 valence electrons. The molecule has 0 saturated heterocycles. The van der Waals surface area contributed by atoms with Crippen molar-refractivity contribution in [3.63, 3.8) is 0 Å². The van der Waals surface area contributed by atoms with Crippen LogP contribution in [0, 0.1) is 0 Å². The van der Waals surface area contributed by atoms with Gasteiger partial charge in [-0.2, -0.15) is 0 Å². The van der Waals surface area contributed by atoms with Crippen LogP contribution in [0.4, 0.5) is 11.4 Å². The van der Waals surface area contributed by atoms with Crippen molar-refractivity contribution in [1.29, 1.82) is 0 Å². The summed E-state index contributed by atoms with van der Waals surface area (Å²) in [5, 5.41) is 2.55. The van der Waals surface area contributed by atoms with Crippen molar-refractivity contribution >= 4 is 46.7 Å². The third kappa shape index (κ3) is 5.40. The molecule has 1 aliphatic heterocycles. The molecule has 1 N–H and O–H groups in total. The lowest BCUT2D eigenvalue weighted by Crippen LogP contribution is -2.32. The lowest BCUT2D eigenvalue weighted by molar-refractivity contribution is -0.120. The van der Waals surface area contributed by atoms with Gasteiger partial charge in [-0.1, -0.05) is 24.6 Å². The predicted octanol–water partition coefficient (Wildman–Crippen LogP) is 4.25. The van der Waals surface area contributed by atoms with Gasteiger partial charge in [0.25, 0.3) is 11.8 Å². The van der Waals surface area contributed by atoms with Gasteiger partial charge in [-0.05, 0) is 62.7 Å². The summed E-state index contributed by atoms with van der Waals surface area (Å²) in [6.07, 6.45) is 0.398. The highest BCUT2D eigenvalue weighted by Gasteiger charge is 2.39. The van der Waals surface area contributed by atoms with Crippen LogP contribution in [0.5, 0.6) is 0 Å². The Kier molecular flexibility index (Phi) is 7.50. The van der Waals surface area contributed by atoms with E-state index in [2.05, 4.69) is 5.32 Å². The molecule has 1 heterocycles. The maximum Gasteiger partial charge on any atom is 0.338 e. The van der Waals surface area contributed by atoms with Crippen LogP contribution < -0.4 is 10.2 Å². The molecule has 1 aliphatic rings. The fourth-order valence-corrected chi connectivity index (χ4v) is 3.22. The van der Waals surface area contributed by atoms with Crippen LogP contribution in [0.2, 0.25) is 0 Å². The number of ether oxygens (including phenoxy) is 2. The zero-order chi connectivity index (χ0) is 24.1. The van der Waals surface area contributed by atoms with Crippen molar-refractivity contribution in [2.75, 3.05) is 16.8 Å². The van der Waals surface area contributed by atoms with E-state index in [1.807, 2.05) is 6.92 Å². The quantitative estimate of drug-likeness (QED) is 0.454. The molecule has 33 heavy (non-hydrogen) atoms. The fourth-order valence-electron chi connectivity index (χ4n) is 3.01. The Morgan fingerprint density at radius 3 is 2.33 bits per heavy atom. The van der Waals surface area contributed by atoms with Crippen LogP contribution in [-0.4, -0.2) is 36.5 Å². The highest BCUT2D eigenvalue weighted by atomic mass is 35.5. The third-order valence-electron chi connectivity index (χ3n) is 4.54. The molecule has 2 amide bonds. The minimum Gasteiger partial charge on any atom is -0.462 e. The Morgan fingerprint density at radius 2 is 1.70 bits per heavy atom. The second-order valence-corrected chi connectivity index (χ2v) is 7.86. The van der Waals surface area contributed by atoms with Crippen LogP contribution >= 0.6 is 11.6 Å². The van der Waals surface area contributed by atoms with Crippen molar-refractivity contribution in [2.24, 2.45) is 0 Å². The average molecular weight is 471 g/mol. The number of carbonyl (C=O) groups is 4. The summed E-state index contributed by atoms with van der Waals surface area (Å²) in [6.45, 7) is 5.66. The summed E-state index contributed by atoms with van der Waals surface area (Å²) in [5.74, 6) is -2.42. The molecule has 3 rings (SSSR count). The summed E-state index contributed by atoms with van der Waals surface area (Å²) in [7, 11) is 0. The number of hydrogen-bond donors (Lipinski definition) is 1. The molecule has 0 aliphatic carbocycles. The number of rotatable bonds is 8. The van der Waals surface area contributed by atoms with Crippen molar-refractivity contribution in [2.45, 2.75) is 33.3 Å².